The number of carbonyl (C=O) groups excluding carboxylic acids is 1. The van der Waals surface area contributed by atoms with Crippen molar-refractivity contribution in [2.24, 2.45) is 0 Å². The first-order valence-corrected chi connectivity index (χ1v) is 8.30. The molecule has 1 aliphatic rings. The van der Waals surface area contributed by atoms with Gasteiger partial charge in [-0.05, 0) is 43.2 Å². The molecule has 0 saturated carbocycles. The van der Waals surface area contributed by atoms with Crippen molar-refractivity contribution in [2.75, 3.05) is 26.2 Å². The second kappa shape index (κ2) is 6.84. The molecule has 2 aromatic carbocycles. The standard InChI is InChI=1S/C19H20ClNO4/c1-11-8-13-14(20)6-5-7-15(13)21(11)19(22)12-9-16(23-2)18(25-4)17(10-12)24-3/h5-7,9-11H,8H2,1-4H3. The lowest BCUT2D eigenvalue weighted by molar-refractivity contribution is 0.0980. The molecule has 0 fully saturated rings. The minimum absolute atomic E-state index is 0.0153. The van der Waals surface area contributed by atoms with E-state index in [1.54, 1.807) is 17.0 Å². The lowest BCUT2D eigenvalue weighted by Crippen LogP contribution is -2.35. The molecule has 1 amide bonds. The highest BCUT2D eigenvalue weighted by molar-refractivity contribution is 6.32. The molecule has 0 aliphatic carbocycles. The molecule has 0 N–H and O–H groups in total. The topological polar surface area (TPSA) is 48.0 Å². The van der Waals surface area contributed by atoms with Crippen molar-refractivity contribution in [3.8, 4) is 17.2 Å². The lowest BCUT2D eigenvalue weighted by atomic mass is 10.1. The third-order valence-electron chi connectivity index (χ3n) is 4.42. The van der Waals surface area contributed by atoms with Gasteiger partial charge in [0.1, 0.15) is 0 Å². The van der Waals surface area contributed by atoms with Crippen molar-refractivity contribution in [2.45, 2.75) is 19.4 Å². The predicted octanol–water partition coefficient (Wildman–Crippen LogP) is 3.96. The number of benzene rings is 2. The van der Waals surface area contributed by atoms with E-state index in [2.05, 4.69) is 0 Å². The highest BCUT2D eigenvalue weighted by Crippen LogP contribution is 2.41. The van der Waals surface area contributed by atoms with Gasteiger partial charge in [0.2, 0.25) is 5.75 Å². The SMILES string of the molecule is COc1cc(C(=O)N2c3cccc(Cl)c3CC2C)cc(OC)c1OC. The van der Waals surface area contributed by atoms with Crippen LogP contribution >= 0.6 is 11.6 Å². The quantitative estimate of drug-likeness (QED) is 0.827. The first-order valence-electron chi connectivity index (χ1n) is 7.92. The summed E-state index contributed by atoms with van der Waals surface area (Å²) in [5.74, 6) is 1.22. The summed E-state index contributed by atoms with van der Waals surface area (Å²) in [4.78, 5) is 15.0. The highest BCUT2D eigenvalue weighted by atomic mass is 35.5. The summed E-state index contributed by atoms with van der Waals surface area (Å²) in [6, 6.07) is 8.97. The number of methoxy groups -OCH3 is 3. The number of hydrogen-bond donors (Lipinski definition) is 0. The average Bonchev–Trinajstić information content (AvgIpc) is 2.97. The van der Waals surface area contributed by atoms with Crippen LogP contribution in [0.2, 0.25) is 5.02 Å². The largest absolute Gasteiger partial charge is 0.493 e. The van der Waals surface area contributed by atoms with Gasteiger partial charge in [-0.2, -0.15) is 0 Å². The fourth-order valence-corrected chi connectivity index (χ4v) is 3.50. The molecule has 0 saturated heterocycles. The first kappa shape index (κ1) is 17.4. The van der Waals surface area contributed by atoms with Crippen LogP contribution < -0.4 is 19.1 Å². The number of fused-ring (bicyclic) bond motifs is 1. The number of amides is 1. The third-order valence-corrected chi connectivity index (χ3v) is 4.78. The molecule has 0 radical (unpaired) electrons. The maximum absolute atomic E-state index is 13.2. The highest BCUT2D eigenvalue weighted by Gasteiger charge is 2.33. The number of rotatable bonds is 4. The van der Waals surface area contributed by atoms with Gasteiger partial charge in [0.25, 0.3) is 5.91 Å². The minimum Gasteiger partial charge on any atom is -0.493 e. The molecule has 0 bridgehead atoms. The van der Waals surface area contributed by atoms with Crippen LogP contribution in [-0.4, -0.2) is 33.3 Å². The van der Waals surface area contributed by atoms with Gasteiger partial charge < -0.3 is 19.1 Å². The Hall–Kier alpha value is -2.40. The van der Waals surface area contributed by atoms with Gasteiger partial charge in [-0.3, -0.25) is 4.79 Å². The van der Waals surface area contributed by atoms with E-state index in [1.165, 1.54) is 21.3 Å². The van der Waals surface area contributed by atoms with Crippen LogP contribution in [0.25, 0.3) is 0 Å². The van der Waals surface area contributed by atoms with E-state index in [4.69, 9.17) is 25.8 Å². The van der Waals surface area contributed by atoms with E-state index >= 15 is 0 Å². The van der Waals surface area contributed by atoms with Crippen LogP contribution in [-0.2, 0) is 6.42 Å². The molecular weight excluding hydrogens is 342 g/mol. The van der Waals surface area contributed by atoms with Gasteiger partial charge in [0.15, 0.2) is 11.5 Å². The van der Waals surface area contributed by atoms with Crippen molar-refractivity contribution in [3.05, 3.63) is 46.5 Å². The Kier molecular flexibility index (Phi) is 4.77. The Morgan fingerprint density at radius 1 is 1.12 bits per heavy atom. The molecule has 1 atom stereocenters. The van der Waals surface area contributed by atoms with Crippen LogP contribution in [0.5, 0.6) is 17.2 Å². The van der Waals surface area contributed by atoms with Gasteiger partial charge in [0, 0.05) is 22.3 Å². The molecule has 25 heavy (non-hydrogen) atoms. The van der Waals surface area contributed by atoms with Crippen LogP contribution in [0, 0.1) is 0 Å². The Morgan fingerprint density at radius 3 is 2.32 bits per heavy atom. The van der Waals surface area contributed by atoms with E-state index in [-0.39, 0.29) is 11.9 Å². The second-order valence-electron chi connectivity index (χ2n) is 5.88. The molecule has 5 nitrogen and oxygen atoms in total. The summed E-state index contributed by atoms with van der Waals surface area (Å²) in [6.07, 6.45) is 0.727. The number of carbonyl (C=O) groups is 1. The Balaban J connectivity index is 2.06. The first-order chi connectivity index (χ1) is 12.0. The van der Waals surface area contributed by atoms with Crippen LogP contribution in [0.3, 0.4) is 0 Å². The Bertz CT molecular complexity index is 796. The van der Waals surface area contributed by atoms with Gasteiger partial charge in [0.05, 0.1) is 21.3 Å². The second-order valence-corrected chi connectivity index (χ2v) is 6.29. The van der Waals surface area contributed by atoms with Crippen molar-refractivity contribution in [1.82, 2.24) is 0 Å². The van der Waals surface area contributed by atoms with E-state index in [0.717, 1.165) is 17.7 Å². The number of halogens is 1. The molecule has 1 unspecified atom stereocenters. The molecule has 0 aromatic heterocycles. The third kappa shape index (κ3) is 2.89. The van der Waals surface area contributed by atoms with E-state index in [0.29, 0.717) is 27.8 Å². The van der Waals surface area contributed by atoms with Crippen molar-refractivity contribution < 1.29 is 19.0 Å². The van der Waals surface area contributed by atoms with Crippen LogP contribution in [0.4, 0.5) is 5.69 Å². The lowest BCUT2D eigenvalue weighted by Gasteiger charge is -2.23. The summed E-state index contributed by atoms with van der Waals surface area (Å²) in [6.45, 7) is 2.01. The summed E-state index contributed by atoms with van der Waals surface area (Å²) < 4.78 is 16.0. The summed E-state index contributed by atoms with van der Waals surface area (Å²) in [5, 5.41) is 0.685. The van der Waals surface area contributed by atoms with E-state index in [1.807, 2.05) is 25.1 Å². The summed E-state index contributed by atoms with van der Waals surface area (Å²) >= 11 is 6.29. The molecule has 1 heterocycles. The fraction of sp³-hybridized carbons (Fsp3) is 0.316. The van der Waals surface area contributed by atoms with Gasteiger partial charge >= 0.3 is 0 Å². The predicted molar refractivity (Wildman–Crippen MR) is 97.5 cm³/mol. The van der Waals surface area contributed by atoms with Crippen molar-refractivity contribution in [3.63, 3.8) is 0 Å². The van der Waals surface area contributed by atoms with E-state index in [9.17, 15) is 4.79 Å². The molecule has 3 rings (SSSR count). The van der Waals surface area contributed by atoms with Crippen LogP contribution in [0.15, 0.2) is 30.3 Å². The summed E-state index contributed by atoms with van der Waals surface area (Å²) in [5.41, 5.74) is 2.31. The minimum atomic E-state index is -0.132. The van der Waals surface area contributed by atoms with Gasteiger partial charge in [-0.15, -0.1) is 0 Å². The fourth-order valence-electron chi connectivity index (χ4n) is 3.25. The van der Waals surface area contributed by atoms with E-state index < -0.39 is 0 Å². The zero-order valence-corrected chi connectivity index (χ0v) is 15.4. The normalized spacial score (nSPS) is 15.7. The molecule has 0 spiro atoms. The average molecular weight is 362 g/mol. The smallest absolute Gasteiger partial charge is 0.258 e. The number of hydrogen-bond acceptors (Lipinski definition) is 4. The number of nitrogens with zero attached hydrogens (tertiary/aromatic N) is 1. The maximum Gasteiger partial charge on any atom is 0.258 e. The molecule has 132 valence electrons. The number of ether oxygens (including phenoxy) is 3. The van der Waals surface area contributed by atoms with Crippen molar-refractivity contribution >= 4 is 23.2 Å². The maximum atomic E-state index is 13.2. The van der Waals surface area contributed by atoms with Gasteiger partial charge in [-0.1, -0.05) is 17.7 Å². The Labute approximate surface area is 152 Å². The van der Waals surface area contributed by atoms with Gasteiger partial charge in [-0.25, -0.2) is 0 Å². The molecular formula is C19H20ClNO4. The zero-order valence-electron chi connectivity index (χ0n) is 14.6. The number of anilines is 1. The van der Waals surface area contributed by atoms with Crippen molar-refractivity contribution in [1.29, 1.82) is 0 Å². The molecule has 6 heteroatoms. The summed E-state index contributed by atoms with van der Waals surface area (Å²) in [7, 11) is 4.58. The van der Waals surface area contributed by atoms with Crippen LogP contribution in [0.1, 0.15) is 22.8 Å². The zero-order chi connectivity index (χ0) is 18.1. The Morgan fingerprint density at radius 2 is 1.76 bits per heavy atom. The monoisotopic (exact) mass is 361 g/mol. The molecule has 2 aromatic rings. The molecule has 1 aliphatic heterocycles.